The van der Waals surface area contributed by atoms with E-state index in [1.54, 1.807) is 0 Å². The van der Waals surface area contributed by atoms with Crippen LogP contribution in [0, 0.1) is 0 Å². The molecular weight excluding hydrogens is 623 g/mol. The van der Waals surface area contributed by atoms with Gasteiger partial charge in [-0.1, -0.05) is 0 Å². The van der Waals surface area contributed by atoms with Gasteiger partial charge in [-0.05, 0) is 0 Å². The summed E-state index contributed by atoms with van der Waals surface area (Å²) in [7, 11) is 0. The van der Waals surface area contributed by atoms with Crippen LogP contribution >= 0.6 is 0 Å². The third kappa shape index (κ3) is 97.9. The summed E-state index contributed by atoms with van der Waals surface area (Å²) >= 11 is -8.59. The largest absolute Gasteiger partial charge is 2.00 e. The van der Waals surface area contributed by atoms with Gasteiger partial charge in [0.25, 0.3) is 0 Å². The molecular formula is BaO6PbZr2. The monoisotopic (exact) mass is 622 g/mol. The van der Waals surface area contributed by atoms with Gasteiger partial charge in [-0.3, -0.25) is 0 Å². The second kappa shape index (κ2) is 18.5. The van der Waals surface area contributed by atoms with Crippen LogP contribution in [-0.2, 0) is 50.9 Å². The van der Waals surface area contributed by atoms with Crippen LogP contribution in [0.25, 0.3) is 0 Å². The summed E-state index contributed by atoms with van der Waals surface area (Å²) in [5, 5.41) is 0. The van der Waals surface area contributed by atoms with Gasteiger partial charge in [0.2, 0.25) is 0 Å². The Balaban J connectivity index is -0.0000000300. The molecule has 10 heteroatoms. The zero-order valence-corrected chi connectivity index (χ0v) is 17.9. The molecule has 0 spiro atoms. The molecule has 0 fully saturated rings. The van der Waals surface area contributed by atoms with Crippen LogP contribution in [-0.4, -0.2) is 76.2 Å². The van der Waals surface area contributed by atoms with Crippen LogP contribution in [0.2, 0.25) is 0 Å². The van der Waals surface area contributed by atoms with Gasteiger partial charge in [0.15, 0.2) is 0 Å². The maximum Gasteiger partial charge on any atom is 2.00 e. The van der Waals surface area contributed by atoms with Gasteiger partial charge in [0.05, 0.1) is 0 Å². The zero-order chi connectivity index (χ0) is 7.15. The Morgan fingerprint density at radius 3 is 0.800 bits per heavy atom. The van der Waals surface area contributed by atoms with Crippen molar-refractivity contribution >= 4 is 76.2 Å². The molecule has 0 unspecified atom stereocenters. The predicted molar refractivity (Wildman–Crippen MR) is 12.9 cm³/mol. The van der Waals surface area contributed by atoms with E-state index in [1.165, 1.54) is 0 Å². The minimum Gasteiger partial charge on any atom is 2.00 e. The molecule has 6 nitrogen and oxygen atoms in total. The minimum atomic E-state index is -4.29. The Morgan fingerprint density at radius 1 is 0.800 bits per heavy atom. The molecule has 0 aliphatic rings. The molecule has 0 saturated heterocycles. The van der Waals surface area contributed by atoms with Crippen molar-refractivity contribution in [1.29, 1.82) is 0 Å². The number of rotatable bonds is 0. The summed E-state index contributed by atoms with van der Waals surface area (Å²) in [6.45, 7) is 0. The van der Waals surface area contributed by atoms with Gasteiger partial charge >= 0.3 is 140 Å². The third-order valence-electron chi connectivity index (χ3n) is 0. The van der Waals surface area contributed by atoms with Crippen LogP contribution < -0.4 is 12.7 Å². The van der Waals surface area contributed by atoms with E-state index in [2.05, 4.69) is 0 Å². The first-order chi connectivity index (χ1) is 3.46. The second-order valence-electron chi connectivity index (χ2n) is 0.500. The van der Waals surface area contributed by atoms with Crippen molar-refractivity contribution in [3.8, 4) is 0 Å². The Labute approximate surface area is 136 Å². The van der Waals surface area contributed by atoms with E-state index in [4.69, 9.17) is 18.4 Å². The quantitative estimate of drug-likeness (QED) is 0.248. The van der Waals surface area contributed by atoms with Gasteiger partial charge < -0.3 is 0 Å². The predicted octanol–water partition coefficient (Wildman–Crippen LogP) is -5.76. The molecule has 0 rings (SSSR count). The summed E-state index contributed by atoms with van der Waals surface area (Å²) < 4.78 is 51.7. The van der Waals surface area contributed by atoms with E-state index in [0.29, 0.717) is 0 Å². The topological polar surface area (TPSA) is 126 Å². The molecule has 0 aliphatic carbocycles. The molecule has 0 aromatic heterocycles. The Hall–Kier alpha value is 3.70. The molecule has 0 aromatic rings. The molecule has 50 valence electrons. The van der Waals surface area contributed by atoms with E-state index < -0.39 is 45.3 Å². The van der Waals surface area contributed by atoms with Crippen LogP contribution in [0.1, 0.15) is 0 Å². The maximum atomic E-state index is 8.61. The van der Waals surface area contributed by atoms with E-state index in [1.807, 2.05) is 0 Å². The third-order valence-corrected chi connectivity index (χ3v) is 0. The first-order valence-electron chi connectivity index (χ1n) is 1.22. The summed E-state index contributed by atoms with van der Waals surface area (Å²) in [6.07, 6.45) is 0. The minimum absolute atomic E-state index is 0. The average Bonchev–Trinajstić information content (AvgIpc) is 1.25. The second-order valence-corrected chi connectivity index (χ2v) is 2.96. The molecule has 2 radical (unpaired) electrons. The fraction of sp³-hybridized carbons (Fsp3) is 0. The van der Waals surface area contributed by atoms with Gasteiger partial charge in [0, 0.05) is 0 Å². The normalized spacial score (nSPS) is 5.20. The molecule has 0 heterocycles. The molecule has 10 heavy (non-hydrogen) atoms. The average molecular weight is 623 g/mol. The van der Waals surface area contributed by atoms with Crippen molar-refractivity contribution in [3.05, 3.63) is 0 Å². The standard InChI is InChI=1S/Ba.6O.Pb.2Zr/q+2;;;4*-1;+2;;. The first-order valence-corrected chi connectivity index (χ1v) is 7.25. The van der Waals surface area contributed by atoms with Crippen LogP contribution in [0.3, 0.4) is 0 Å². The number of hydrogen-bond acceptors (Lipinski definition) is 6. The summed E-state index contributed by atoms with van der Waals surface area (Å²) in [5.74, 6) is 0. The Kier molecular flexibility index (Phi) is 43.4. The van der Waals surface area contributed by atoms with Crippen molar-refractivity contribution in [2.45, 2.75) is 0 Å². The smallest absolute Gasteiger partial charge is 2.00 e. The summed E-state index contributed by atoms with van der Waals surface area (Å²) in [4.78, 5) is 0. The fourth-order valence-electron chi connectivity index (χ4n) is 0. The molecule has 0 aromatic carbocycles. The first kappa shape index (κ1) is 23.5. The van der Waals surface area contributed by atoms with Crippen molar-refractivity contribution in [2.75, 3.05) is 0 Å². The van der Waals surface area contributed by atoms with Crippen LogP contribution in [0.4, 0.5) is 0 Å². The Morgan fingerprint density at radius 2 is 0.800 bits per heavy atom. The van der Waals surface area contributed by atoms with Crippen LogP contribution in [0.15, 0.2) is 0 Å². The van der Waals surface area contributed by atoms with Gasteiger partial charge in [-0.25, -0.2) is 0 Å². The molecule has 0 saturated carbocycles. The van der Waals surface area contributed by atoms with Gasteiger partial charge in [0.1, 0.15) is 0 Å². The number of hydrogen-bond donors (Lipinski definition) is 0. The summed E-state index contributed by atoms with van der Waals surface area (Å²) in [5.41, 5.74) is 0. The van der Waals surface area contributed by atoms with Crippen molar-refractivity contribution in [2.24, 2.45) is 0 Å². The molecule has 0 atom stereocenters. The van der Waals surface area contributed by atoms with E-state index in [-0.39, 0.29) is 76.2 Å². The van der Waals surface area contributed by atoms with Crippen molar-refractivity contribution in [3.63, 3.8) is 0 Å². The molecule has 0 bridgehead atoms. The molecule has 0 N–H and O–H groups in total. The SMILES string of the molecule is [Ba+2].[O]=[Zr]([O-])[O-].[O]=[Zr]([O-])[O-].[Pb+2]. The fourth-order valence-corrected chi connectivity index (χ4v) is 0. The van der Waals surface area contributed by atoms with E-state index in [0.717, 1.165) is 0 Å². The Bertz CT molecular complexity index is 73.7. The van der Waals surface area contributed by atoms with Gasteiger partial charge in [-0.15, -0.1) is 0 Å². The maximum absolute atomic E-state index is 8.61. The zero-order valence-electron chi connectivity index (χ0n) is 4.66. The van der Waals surface area contributed by atoms with E-state index in [9.17, 15) is 0 Å². The molecule has 0 amide bonds. The summed E-state index contributed by atoms with van der Waals surface area (Å²) in [6, 6.07) is 0. The van der Waals surface area contributed by atoms with Crippen molar-refractivity contribution in [1.82, 2.24) is 0 Å². The van der Waals surface area contributed by atoms with Crippen molar-refractivity contribution < 1.29 is 63.6 Å². The van der Waals surface area contributed by atoms with Crippen LogP contribution in [0.5, 0.6) is 0 Å². The molecule has 0 aliphatic heterocycles. The van der Waals surface area contributed by atoms with E-state index >= 15 is 0 Å². The van der Waals surface area contributed by atoms with Gasteiger partial charge in [-0.2, -0.15) is 0 Å².